The predicted molar refractivity (Wildman–Crippen MR) is 67.5 cm³/mol. The van der Waals surface area contributed by atoms with Crippen LogP contribution in [0, 0.1) is 5.92 Å². The van der Waals surface area contributed by atoms with Crippen molar-refractivity contribution in [2.45, 2.75) is 45.6 Å². The minimum Gasteiger partial charge on any atom is -0.444 e. The Labute approximate surface area is 108 Å². The number of likely N-dealkylation sites (tertiary alicyclic amines) is 1. The van der Waals surface area contributed by atoms with Crippen LogP contribution in [-0.4, -0.2) is 35.6 Å². The lowest BCUT2D eigenvalue weighted by molar-refractivity contribution is -0.125. The van der Waals surface area contributed by atoms with Crippen LogP contribution >= 0.6 is 0 Å². The molecule has 0 saturated carbocycles. The molecule has 6 heteroatoms. The summed E-state index contributed by atoms with van der Waals surface area (Å²) in [7, 11) is 0. The van der Waals surface area contributed by atoms with Crippen LogP contribution in [0.25, 0.3) is 0 Å². The van der Waals surface area contributed by atoms with Gasteiger partial charge in [-0.1, -0.05) is 0 Å². The molecule has 1 rings (SSSR count). The zero-order valence-corrected chi connectivity index (χ0v) is 11.4. The van der Waals surface area contributed by atoms with Crippen LogP contribution in [0.15, 0.2) is 0 Å². The summed E-state index contributed by atoms with van der Waals surface area (Å²) in [5, 5.41) is 0. The molecule has 0 bridgehead atoms. The highest BCUT2D eigenvalue weighted by molar-refractivity contribution is 5.78. The second-order valence-electron chi connectivity index (χ2n) is 5.60. The molecule has 1 aliphatic rings. The molecule has 2 amide bonds. The molecule has 1 fully saturated rings. The zero-order chi connectivity index (χ0) is 13.8. The Balaban J connectivity index is 2.51. The lowest BCUT2D eigenvalue weighted by atomic mass is 10.0. The van der Waals surface area contributed by atoms with Gasteiger partial charge in [0.2, 0.25) is 5.91 Å². The number of rotatable bonds is 1. The third-order valence-electron chi connectivity index (χ3n) is 2.89. The number of amides is 2. The average Bonchev–Trinajstić information content (AvgIpc) is 2.51. The molecule has 0 unspecified atom stereocenters. The van der Waals surface area contributed by atoms with E-state index in [1.165, 1.54) is 0 Å². The van der Waals surface area contributed by atoms with E-state index in [-0.39, 0.29) is 17.9 Å². The van der Waals surface area contributed by atoms with E-state index in [4.69, 9.17) is 10.6 Å². The summed E-state index contributed by atoms with van der Waals surface area (Å²) in [6.45, 7) is 6.68. The van der Waals surface area contributed by atoms with Gasteiger partial charge in [-0.05, 0) is 40.0 Å². The van der Waals surface area contributed by atoms with Crippen LogP contribution in [0.3, 0.4) is 0 Å². The predicted octanol–water partition coefficient (Wildman–Crippen LogP) is 1.01. The molecular formula is C12H23N3O3. The van der Waals surface area contributed by atoms with E-state index in [9.17, 15) is 9.59 Å². The van der Waals surface area contributed by atoms with Gasteiger partial charge in [-0.3, -0.25) is 10.2 Å². The van der Waals surface area contributed by atoms with E-state index in [2.05, 4.69) is 5.43 Å². The summed E-state index contributed by atoms with van der Waals surface area (Å²) >= 11 is 0. The van der Waals surface area contributed by atoms with Gasteiger partial charge in [0, 0.05) is 19.0 Å². The first-order valence-corrected chi connectivity index (χ1v) is 6.32. The minimum atomic E-state index is -0.489. The number of carbonyl (C=O) groups excluding carboxylic acids is 2. The normalized spacial score (nSPS) is 21.1. The summed E-state index contributed by atoms with van der Waals surface area (Å²) in [5.74, 6) is 4.87. The third-order valence-corrected chi connectivity index (χ3v) is 2.89. The Bertz CT molecular complexity index is 312. The van der Waals surface area contributed by atoms with Gasteiger partial charge < -0.3 is 9.64 Å². The summed E-state index contributed by atoms with van der Waals surface area (Å²) in [5.41, 5.74) is 1.68. The van der Waals surface area contributed by atoms with Gasteiger partial charge in [0.05, 0.1) is 0 Å². The van der Waals surface area contributed by atoms with Crippen molar-refractivity contribution < 1.29 is 14.3 Å². The van der Waals surface area contributed by atoms with E-state index in [0.29, 0.717) is 19.5 Å². The first kappa shape index (κ1) is 14.8. The minimum absolute atomic E-state index is 0.109. The van der Waals surface area contributed by atoms with Gasteiger partial charge in [0.25, 0.3) is 0 Å². The van der Waals surface area contributed by atoms with Crippen LogP contribution < -0.4 is 11.3 Å². The molecule has 1 aliphatic heterocycles. The molecular weight excluding hydrogens is 234 g/mol. The Morgan fingerprint density at radius 3 is 2.50 bits per heavy atom. The maximum absolute atomic E-state index is 11.9. The van der Waals surface area contributed by atoms with Crippen molar-refractivity contribution in [1.29, 1.82) is 0 Å². The lowest BCUT2D eigenvalue weighted by Gasteiger charge is -2.26. The van der Waals surface area contributed by atoms with Gasteiger partial charge in [-0.2, -0.15) is 0 Å². The van der Waals surface area contributed by atoms with Crippen LogP contribution in [0.2, 0.25) is 0 Å². The molecule has 0 aromatic rings. The quantitative estimate of drug-likeness (QED) is 0.417. The Kier molecular flexibility index (Phi) is 4.95. The molecule has 18 heavy (non-hydrogen) atoms. The van der Waals surface area contributed by atoms with Crippen molar-refractivity contribution in [1.82, 2.24) is 10.3 Å². The lowest BCUT2D eigenvalue weighted by Crippen LogP contribution is -2.38. The standard InChI is InChI=1S/C12H23N3O3/c1-12(2,3)18-11(17)15-7-4-5-9(6-8-15)10(16)14-13/h9H,4-8,13H2,1-3H3,(H,14,16)/t9-/m0/s1. The maximum Gasteiger partial charge on any atom is 0.410 e. The summed E-state index contributed by atoms with van der Waals surface area (Å²) in [6, 6.07) is 0. The first-order chi connectivity index (χ1) is 8.33. The summed E-state index contributed by atoms with van der Waals surface area (Å²) < 4.78 is 5.32. The van der Waals surface area contributed by atoms with Crippen molar-refractivity contribution in [2.24, 2.45) is 11.8 Å². The second kappa shape index (κ2) is 6.04. The van der Waals surface area contributed by atoms with Gasteiger partial charge in [0.1, 0.15) is 5.60 Å². The fourth-order valence-electron chi connectivity index (χ4n) is 1.99. The zero-order valence-electron chi connectivity index (χ0n) is 11.4. The largest absolute Gasteiger partial charge is 0.444 e. The molecule has 104 valence electrons. The van der Waals surface area contributed by atoms with Crippen molar-refractivity contribution in [3.05, 3.63) is 0 Å². The summed E-state index contributed by atoms with van der Waals surface area (Å²) in [4.78, 5) is 25.0. The molecule has 1 atom stereocenters. The topological polar surface area (TPSA) is 84.7 Å². The van der Waals surface area contributed by atoms with Crippen molar-refractivity contribution in [3.8, 4) is 0 Å². The fraction of sp³-hybridized carbons (Fsp3) is 0.833. The van der Waals surface area contributed by atoms with Crippen LogP contribution in [-0.2, 0) is 9.53 Å². The van der Waals surface area contributed by atoms with E-state index in [0.717, 1.165) is 12.8 Å². The van der Waals surface area contributed by atoms with Gasteiger partial charge in [0.15, 0.2) is 0 Å². The maximum atomic E-state index is 11.9. The number of hydrogen-bond donors (Lipinski definition) is 2. The number of nitrogens with two attached hydrogens (primary N) is 1. The molecule has 0 spiro atoms. The molecule has 0 aromatic carbocycles. The molecule has 1 heterocycles. The summed E-state index contributed by atoms with van der Waals surface area (Å²) in [6.07, 6.45) is 1.86. The van der Waals surface area contributed by atoms with Crippen molar-refractivity contribution in [2.75, 3.05) is 13.1 Å². The van der Waals surface area contributed by atoms with Gasteiger partial charge in [-0.15, -0.1) is 0 Å². The van der Waals surface area contributed by atoms with Gasteiger partial charge in [-0.25, -0.2) is 10.6 Å². The highest BCUT2D eigenvalue weighted by Crippen LogP contribution is 2.19. The molecule has 6 nitrogen and oxygen atoms in total. The van der Waals surface area contributed by atoms with Crippen molar-refractivity contribution in [3.63, 3.8) is 0 Å². The smallest absolute Gasteiger partial charge is 0.410 e. The van der Waals surface area contributed by atoms with Crippen LogP contribution in [0.4, 0.5) is 4.79 Å². The molecule has 0 aromatic heterocycles. The highest BCUT2D eigenvalue weighted by Gasteiger charge is 2.27. The number of hydrogen-bond acceptors (Lipinski definition) is 4. The first-order valence-electron chi connectivity index (χ1n) is 6.32. The monoisotopic (exact) mass is 257 g/mol. The Morgan fingerprint density at radius 1 is 1.28 bits per heavy atom. The van der Waals surface area contributed by atoms with Crippen molar-refractivity contribution >= 4 is 12.0 Å². The van der Waals surface area contributed by atoms with Crippen LogP contribution in [0.1, 0.15) is 40.0 Å². The van der Waals surface area contributed by atoms with E-state index < -0.39 is 5.60 Å². The molecule has 0 aliphatic carbocycles. The molecule has 1 saturated heterocycles. The molecule has 0 radical (unpaired) electrons. The van der Waals surface area contributed by atoms with E-state index in [1.807, 2.05) is 20.8 Å². The average molecular weight is 257 g/mol. The number of hydrazine groups is 1. The number of nitrogens with zero attached hydrogens (tertiary/aromatic N) is 1. The SMILES string of the molecule is CC(C)(C)OC(=O)N1CCC[C@H](C(=O)NN)CC1. The number of carbonyl (C=O) groups is 2. The molecule has 3 N–H and O–H groups in total. The van der Waals surface area contributed by atoms with Gasteiger partial charge >= 0.3 is 6.09 Å². The van der Waals surface area contributed by atoms with E-state index >= 15 is 0 Å². The van der Waals surface area contributed by atoms with E-state index in [1.54, 1.807) is 4.90 Å². The highest BCUT2D eigenvalue weighted by atomic mass is 16.6. The fourth-order valence-corrected chi connectivity index (χ4v) is 1.99. The Morgan fingerprint density at radius 2 is 1.94 bits per heavy atom. The second-order valence-corrected chi connectivity index (χ2v) is 5.60. The number of ether oxygens (including phenoxy) is 1. The third kappa shape index (κ3) is 4.52. The van der Waals surface area contributed by atoms with Crippen LogP contribution in [0.5, 0.6) is 0 Å². The number of nitrogens with one attached hydrogen (secondary N) is 1. The Hall–Kier alpha value is -1.30.